The highest BCUT2D eigenvalue weighted by atomic mass is 16.5. The van der Waals surface area contributed by atoms with Crippen molar-refractivity contribution in [1.82, 2.24) is 5.32 Å². The van der Waals surface area contributed by atoms with E-state index in [9.17, 15) is 19.5 Å². The van der Waals surface area contributed by atoms with Gasteiger partial charge in [0.15, 0.2) is 0 Å². The number of carbonyl (C=O) groups excluding carboxylic acids is 2. The molecular formula is C25H24N2O6. The summed E-state index contributed by atoms with van der Waals surface area (Å²) in [5, 5.41) is 14.2. The average molecular weight is 448 g/mol. The first-order valence-electron chi connectivity index (χ1n) is 10.5. The van der Waals surface area contributed by atoms with Crippen molar-refractivity contribution in [3.63, 3.8) is 0 Å². The Bertz CT molecular complexity index is 1170. The zero-order valence-electron chi connectivity index (χ0n) is 18.3. The molecule has 0 saturated heterocycles. The molecule has 170 valence electrons. The van der Waals surface area contributed by atoms with E-state index in [4.69, 9.17) is 9.15 Å². The normalized spacial score (nSPS) is 12.5. The van der Waals surface area contributed by atoms with Crippen molar-refractivity contribution in [1.29, 1.82) is 0 Å². The molecule has 1 aliphatic rings. The summed E-state index contributed by atoms with van der Waals surface area (Å²) in [6.45, 7) is 3.01. The third-order valence-electron chi connectivity index (χ3n) is 5.72. The van der Waals surface area contributed by atoms with Crippen molar-refractivity contribution in [3.8, 4) is 11.1 Å². The minimum atomic E-state index is -1.15. The number of nitrogens with one attached hydrogen (secondary N) is 2. The molecular weight excluding hydrogens is 424 g/mol. The first-order chi connectivity index (χ1) is 15.8. The van der Waals surface area contributed by atoms with Gasteiger partial charge in [-0.2, -0.15) is 0 Å². The Morgan fingerprint density at radius 2 is 1.61 bits per heavy atom. The van der Waals surface area contributed by atoms with Gasteiger partial charge in [-0.1, -0.05) is 48.5 Å². The molecule has 4 rings (SSSR count). The number of anilines is 1. The Labute approximate surface area is 190 Å². The summed E-state index contributed by atoms with van der Waals surface area (Å²) in [4.78, 5) is 36.1. The molecule has 1 aliphatic carbocycles. The van der Waals surface area contributed by atoms with E-state index in [0.717, 1.165) is 22.3 Å². The number of amides is 2. The van der Waals surface area contributed by atoms with Crippen LogP contribution in [-0.2, 0) is 9.53 Å². The second kappa shape index (κ2) is 8.82. The minimum absolute atomic E-state index is 0.0893. The molecule has 0 saturated carbocycles. The van der Waals surface area contributed by atoms with Crippen LogP contribution in [0.25, 0.3) is 11.1 Å². The van der Waals surface area contributed by atoms with Gasteiger partial charge in [-0.05, 0) is 36.1 Å². The zero-order valence-corrected chi connectivity index (χ0v) is 18.3. The molecule has 0 atom stereocenters. The van der Waals surface area contributed by atoms with Crippen molar-refractivity contribution in [2.45, 2.75) is 19.8 Å². The quantitative estimate of drug-likeness (QED) is 0.490. The van der Waals surface area contributed by atoms with Gasteiger partial charge in [0, 0.05) is 18.5 Å². The molecule has 8 heteroatoms. The van der Waals surface area contributed by atoms with Gasteiger partial charge in [0.2, 0.25) is 5.76 Å². The van der Waals surface area contributed by atoms with E-state index in [1.165, 1.54) is 26.2 Å². The highest BCUT2D eigenvalue weighted by Gasteiger charge is 2.30. The number of aliphatic carboxylic acids is 1. The van der Waals surface area contributed by atoms with Gasteiger partial charge in [0.05, 0.1) is 17.4 Å². The maximum atomic E-state index is 12.5. The van der Waals surface area contributed by atoms with Gasteiger partial charge < -0.3 is 19.6 Å². The van der Waals surface area contributed by atoms with Gasteiger partial charge in [0.1, 0.15) is 6.61 Å². The summed E-state index contributed by atoms with van der Waals surface area (Å²) in [6.07, 6.45) is 0.536. The lowest BCUT2D eigenvalue weighted by Gasteiger charge is -2.19. The number of hydrogen-bond donors (Lipinski definition) is 3. The van der Waals surface area contributed by atoms with Crippen molar-refractivity contribution in [2.75, 3.05) is 18.5 Å². The Balaban J connectivity index is 1.40. The number of ether oxygens (including phenoxy) is 1. The number of carboxylic acid groups (broad SMARTS) is 1. The van der Waals surface area contributed by atoms with E-state index in [2.05, 4.69) is 22.8 Å². The predicted octanol–water partition coefficient (Wildman–Crippen LogP) is 4.48. The van der Waals surface area contributed by atoms with Crippen LogP contribution in [0.2, 0.25) is 0 Å². The van der Waals surface area contributed by atoms with E-state index < -0.39 is 23.4 Å². The monoisotopic (exact) mass is 448 g/mol. The molecule has 1 aromatic heterocycles. The number of fused-ring (bicyclic) bond motifs is 3. The third-order valence-corrected chi connectivity index (χ3v) is 5.72. The van der Waals surface area contributed by atoms with Crippen LogP contribution in [0.3, 0.4) is 0 Å². The number of rotatable bonds is 7. The summed E-state index contributed by atoms with van der Waals surface area (Å²) in [5.74, 6) is -1.90. The molecule has 33 heavy (non-hydrogen) atoms. The first-order valence-corrected chi connectivity index (χ1v) is 10.5. The predicted molar refractivity (Wildman–Crippen MR) is 121 cm³/mol. The van der Waals surface area contributed by atoms with Crippen LogP contribution in [0, 0.1) is 5.41 Å². The second-order valence-corrected chi connectivity index (χ2v) is 8.49. The molecule has 0 bridgehead atoms. The lowest BCUT2D eigenvalue weighted by Crippen LogP contribution is -2.39. The van der Waals surface area contributed by atoms with E-state index in [0.29, 0.717) is 0 Å². The molecule has 8 nitrogen and oxygen atoms in total. The summed E-state index contributed by atoms with van der Waals surface area (Å²) in [7, 11) is 0. The van der Waals surface area contributed by atoms with Gasteiger partial charge in [-0.25, -0.2) is 4.79 Å². The molecule has 0 aliphatic heterocycles. The SMILES string of the molecule is CC(C)(CNC(=O)c1occc1NC(=O)OCC1c2ccccc2-c2ccccc21)C(=O)O. The molecule has 0 fully saturated rings. The third kappa shape index (κ3) is 4.45. The number of hydrogen-bond acceptors (Lipinski definition) is 5. The Kier molecular flexibility index (Phi) is 5.91. The van der Waals surface area contributed by atoms with E-state index in [1.54, 1.807) is 0 Å². The van der Waals surface area contributed by atoms with Crippen LogP contribution in [0.15, 0.2) is 65.3 Å². The fourth-order valence-electron chi connectivity index (χ4n) is 3.79. The lowest BCUT2D eigenvalue weighted by atomic mass is 9.94. The molecule has 2 amide bonds. The summed E-state index contributed by atoms with van der Waals surface area (Å²) in [5.41, 5.74) is 3.42. The van der Waals surface area contributed by atoms with Crippen LogP contribution in [0.4, 0.5) is 10.5 Å². The van der Waals surface area contributed by atoms with Crippen LogP contribution >= 0.6 is 0 Å². The smallest absolute Gasteiger partial charge is 0.411 e. The molecule has 2 aromatic carbocycles. The van der Waals surface area contributed by atoms with Gasteiger partial charge >= 0.3 is 12.1 Å². The fourth-order valence-corrected chi connectivity index (χ4v) is 3.79. The topological polar surface area (TPSA) is 118 Å². The highest BCUT2D eigenvalue weighted by molar-refractivity contribution is 6.00. The molecule has 0 unspecified atom stereocenters. The van der Waals surface area contributed by atoms with Crippen LogP contribution in [0.1, 0.15) is 41.4 Å². The molecule has 3 aromatic rings. The van der Waals surface area contributed by atoms with Crippen LogP contribution in [-0.4, -0.2) is 36.2 Å². The van der Waals surface area contributed by atoms with Crippen molar-refractivity contribution >= 4 is 23.7 Å². The van der Waals surface area contributed by atoms with Crippen molar-refractivity contribution in [2.24, 2.45) is 5.41 Å². The first kappa shape index (κ1) is 22.1. The molecule has 0 radical (unpaired) electrons. The largest absolute Gasteiger partial charge is 0.481 e. The van der Waals surface area contributed by atoms with Crippen LogP contribution < -0.4 is 10.6 Å². The summed E-state index contributed by atoms with van der Waals surface area (Å²) < 4.78 is 10.7. The van der Waals surface area contributed by atoms with Gasteiger partial charge in [-0.15, -0.1) is 0 Å². The van der Waals surface area contributed by atoms with Crippen molar-refractivity contribution in [3.05, 3.63) is 77.7 Å². The number of benzene rings is 2. The second-order valence-electron chi connectivity index (χ2n) is 8.49. The highest BCUT2D eigenvalue weighted by Crippen LogP contribution is 2.44. The maximum absolute atomic E-state index is 12.5. The lowest BCUT2D eigenvalue weighted by molar-refractivity contribution is -0.146. The zero-order chi connectivity index (χ0) is 23.6. The van der Waals surface area contributed by atoms with Crippen LogP contribution in [0.5, 0.6) is 0 Å². The standard InChI is InChI=1S/C25H24N2O6/c1-25(2,23(29)30)14-26-22(28)21-20(11-12-32-21)27-24(31)33-13-19-17-9-5-3-7-15(17)16-8-4-6-10-18(16)19/h3-12,19H,13-14H2,1-2H3,(H,26,28)(H,27,31)(H,29,30). The Hall–Kier alpha value is -4.07. The molecule has 1 heterocycles. The number of furan rings is 1. The summed E-state index contributed by atoms with van der Waals surface area (Å²) in [6, 6.07) is 17.5. The average Bonchev–Trinajstić information content (AvgIpc) is 3.38. The molecule has 3 N–H and O–H groups in total. The van der Waals surface area contributed by atoms with Gasteiger partial charge in [0.25, 0.3) is 5.91 Å². The number of carbonyl (C=O) groups is 3. The minimum Gasteiger partial charge on any atom is -0.481 e. The van der Waals surface area contributed by atoms with E-state index in [-0.39, 0.29) is 30.5 Å². The Morgan fingerprint density at radius 1 is 1.00 bits per heavy atom. The van der Waals surface area contributed by atoms with E-state index in [1.807, 2.05) is 36.4 Å². The Morgan fingerprint density at radius 3 is 2.21 bits per heavy atom. The van der Waals surface area contributed by atoms with Gasteiger partial charge in [-0.3, -0.25) is 14.9 Å². The summed E-state index contributed by atoms with van der Waals surface area (Å²) >= 11 is 0. The van der Waals surface area contributed by atoms with E-state index >= 15 is 0 Å². The fraction of sp³-hybridized carbons (Fsp3) is 0.240. The van der Waals surface area contributed by atoms with Crippen molar-refractivity contribution < 1.29 is 28.6 Å². The molecule has 0 spiro atoms. The maximum Gasteiger partial charge on any atom is 0.411 e. The number of carboxylic acids is 1.